The Balaban J connectivity index is 2.40. The molecule has 82 valence electrons. The number of hydrogen-bond acceptors (Lipinski definition) is 3. The molecule has 16 heavy (non-hydrogen) atoms. The van der Waals surface area contributed by atoms with E-state index in [9.17, 15) is 9.18 Å². The monoisotopic (exact) mass is 219 g/mol. The molecule has 0 N–H and O–H groups in total. The summed E-state index contributed by atoms with van der Waals surface area (Å²) in [5.41, 5.74) is 1.21. The lowest BCUT2D eigenvalue weighted by Crippen LogP contribution is -2.06. The number of hydrogen-bond donors (Lipinski definition) is 0. The molecule has 0 saturated carbocycles. The maximum atomic E-state index is 13.0. The predicted octanol–water partition coefficient (Wildman–Crippen LogP) is 1.54. The Labute approximate surface area is 91.7 Å². The van der Waals surface area contributed by atoms with Gasteiger partial charge < -0.3 is 0 Å². The minimum atomic E-state index is -0.346. The van der Waals surface area contributed by atoms with Gasteiger partial charge in [-0.1, -0.05) is 11.3 Å². The van der Waals surface area contributed by atoms with E-state index in [-0.39, 0.29) is 18.0 Å². The fourth-order valence-electron chi connectivity index (χ4n) is 1.46. The van der Waals surface area contributed by atoms with Crippen LogP contribution >= 0.6 is 0 Å². The number of aromatic nitrogens is 3. The molecule has 0 aliphatic carbocycles. The summed E-state index contributed by atoms with van der Waals surface area (Å²) in [4.78, 5) is 11.0. The van der Waals surface area contributed by atoms with Gasteiger partial charge in [-0.3, -0.25) is 4.79 Å². The van der Waals surface area contributed by atoms with Gasteiger partial charge >= 0.3 is 0 Å². The summed E-state index contributed by atoms with van der Waals surface area (Å²) in [6.45, 7) is 1.49. The molecular formula is C11H10FN3O. The molecule has 0 bridgehead atoms. The summed E-state index contributed by atoms with van der Waals surface area (Å²) < 4.78 is 14.5. The van der Waals surface area contributed by atoms with Gasteiger partial charge in [-0.05, 0) is 25.1 Å². The van der Waals surface area contributed by atoms with Crippen LogP contribution in [0.3, 0.4) is 0 Å². The molecule has 1 heterocycles. The van der Waals surface area contributed by atoms with Crippen LogP contribution in [0.2, 0.25) is 0 Å². The first-order valence-corrected chi connectivity index (χ1v) is 4.82. The molecule has 0 aliphatic rings. The highest BCUT2D eigenvalue weighted by Crippen LogP contribution is 2.11. The van der Waals surface area contributed by atoms with Gasteiger partial charge in [0.1, 0.15) is 11.6 Å². The number of ketones is 1. The van der Waals surface area contributed by atoms with E-state index in [2.05, 4.69) is 10.3 Å². The molecule has 1 aromatic heterocycles. The average Bonchev–Trinajstić information content (AvgIpc) is 2.65. The number of Topliss-reactive ketones (excluding diaryl/α,β-unsaturated/α-hetero) is 1. The Hall–Kier alpha value is -2.04. The van der Waals surface area contributed by atoms with Crippen LogP contribution < -0.4 is 0 Å². The molecule has 0 unspecified atom stereocenters. The van der Waals surface area contributed by atoms with E-state index in [4.69, 9.17) is 0 Å². The fraction of sp³-hybridized carbons (Fsp3) is 0.182. The summed E-state index contributed by atoms with van der Waals surface area (Å²) in [5.74, 6) is -0.332. The van der Waals surface area contributed by atoms with Gasteiger partial charge in [-0.15, -0.1) is 5.10 Å². The van der Waals surface area contributed by atoms with Crippen molar-refractivity contribution in [2.24, 2.45) is 0 Å². The zero-order valence-corrected chi connectivity index (χ0v) is 8.72. The Morgan fingerprint density at radius 1 is 1.50 bits per heavy atom. The molecule has 0 amide bonds. The lowest BCUT2D eigenvalue weighted by Gasteiger charge is -2.04. The Bertz CT molecular complexity index is 521. The molecule has 1 aromatic carbocycles. The van der Waals surface area contributed by atoms with E-state index < -0.39 is 0 Å². The minimum Gasteiger partial charge on any atom is -0.300 e. The van der Waals surface area contributed by atoms with Gasteiger partial charge in [0.05, 0.1) is 24.0 Å². The highest BCUT2D eigenvalue weighted by Gasteiger charge is 2.08. The molecule has 0 spiro atoms. The molecule has 0 aliphatic heterocycles. The van der Waals surface area contributed by atoms with Gasteiger partial charge in [0.15, 0.2) is 0 Å². The zero-order chi connectivity index (χ0) is 11.5. The van der Waals surface area contributed by atoms with Crippen molar-refractivity contribution in [2.45, 2.75) is 13.3 Å². The number of carbonyl (C=O) groups is 1. The topological polar surface area (TPSA) is 47.8 Å². The first-order valence-electron chi connectivity index (χ1n) is 4.82. The number of benzene rings is 1. The molecule has 2 rings (SSSR count). The Morgan fingerprint density at radius 2 is 2.31 bits per heavy atom. The fourth-order valence-corrected chi connectivity index (χ4v) is 1.46. The largest absolute Gasteiger partial charge is 0.300 e. The molecule has 4 nitrogen and oxygen atoms in total. The van der Waals surface area contributed by atoms with Gasteiger partial charge in [-0.2, -0.15) is 0 Å². The van der Waals surface area contributed by atoms with Crippen molar-refractivity contribution in [3.05, 3.63) is 42.0 Å². The van der Waals surface area contributed by atoms with Crippen LogP contribution in [0.4, 0.5) is 4.39 Å². The second kappa shape index (κ2) is 4.22. The van der Waals surface area contributed by atoms with E-state index >= 15 is 0 Å². The van der Waals surface area contributed by atoms with E-state index in [1.807, 2.05) is 0 Å². The smallest absolute Gasteiger partial charge is 0.135 e. The van der Waals surface area contributed by atoms with E-state index in [0.717, 1.165) is 0 Å². The SMILES string of the molecule is CC(=O)Cc1cnnn1-c1cccc(F)c1. The van der Waals surface area contributed by atoms with E-state index in [1.54, 1.807) is 12.1 Å². The van der Waals surface area contributed by atoms with Crippen molar-refractivity contribution in [3.8, 4) is 5.69 Å². The van der Waals surface area contributed by atoms with Crippen molar-refractivity contribution in [1.82, 2.24) is 15.0 Å². The lowest BCUT2D eigenvalue weighted by molar-refractivity contribution is -0.116. The lowest BCUT2D eigenvalue weighted by atomic mass is 10.2. The maximum Gasteiger partial charge on any atom is 0.135 e. The third kappa shape index (κ3) is 2.13. The zero-order valence-electron chi connectivity index (χ0n) is 8.72. The average molecular weight is 219 g/mol. The van der Waals surface area contributed by atoms with Crippen LogP contribution in [0.5, 0.6) is 0 Å². The molecule has 0 fully saturated rings. The quantitative estimate of drug-likeness (QED) is 0.786. The van der Waals surface area contributed by atoms with Gasteiger partial charge in [0, 0.05) is 0 Å². The Kier molecular flexibility index (Phi) is 2.76. The summed E-state index contributed by atoms with van der Waals surface area (Å²) in [7, 11) is 0. The first-order chi connectivity index (χ1) is 7.66. The summed E-state index contributed by atoms with van der Waals surface area (Å²) in [6.07, 6.45) is 1.75. The summed E-state index contributed by atoms with van der Waals surface area (Å²) in [5, 5.41) is 7.55. The normalized spacial score (nSPS) is 10.4. The van der Waals surface area contributed by atoms with Crippen LogP contribution in [0, 0.1) is 5.82 Å². The van der Waals surface area contributed by atoms with Crippen LogP contribution in [0.25, 0.3) is 5.69 Å². The minimum absolute atomic E-state index is 0.0138. The predicted molar refractivity (Wildman–Crippen MR) is 55.7 cm³/mol. The van der Waals surface area contributed by atoms with Crippen LogP contribution in [-0.2, 0) is 11.2 Å². The van der Waals surface area contributed by atoms with Gasteiger partial charge in [0.2, 0.25) is 0 Å². The first kappa shape index (κ1) is 10.5. The molecular weight excluding hydrogens is 209 g/mol. The van der Waals surface area contributed by atoms with Crippen LogP contribution in [0.1, 0.15) is 12.6 Å². The standard InChI is InChI=1S/C11H10FN3O/c1-8(16)5-11-7-13-14-15(11)10-4-2-3-9(12)6-10/h2-4,6-7H,5H2,1H3. The number of halogens is 1. The number of rotatable bonds is 3. The number of nitrogens with zero attached hydrogens (tertiary/aromatic N) is 3. The highest BCUT2D eigenvalue weighted by molar-refractivity contribution is 5.77. The van der Waals surface area contributed by atoms with E-state index in [1.165, 1.54) is 29.9 Å². The molecule has 0 atom stereocenters. The molecule has 2 aromatic rings. The van der Waals surface area contributed by atoms with Crippen molar-refractivity contribution in [2.75, 3.05) is 0 Å². The maximum absolute atomic E-state index is 13.0. The van der Waals surface area contributed by atoms with E-state index in [0.29, 0.717) is 11.4 Å². The number of carbonyl (C=O) groups excluding carboxylic acids is 1. The third-order valence-electron chi connectivity index (χ3n) is 2.10. The Morgan fingerprint density at radius 3 is 3.00 bits per heavy atom. The second-order valence-corrected chi connectivity index (χ2v) is 3.50. The van der Waals surface area contributed by atoms with Gasteiger partial charge in [-0.25, -0.2) is 9.07 Å². The van der Waals surface area contributed by atoms with Crippen molar-refractivity contribution in [3.63, 3.8) is 0 Å². The van der Waals surface area contributed by atoms with Crippen molar-refractivity contribution >= 4 is 5.78 Å². The summed E-state index contributed by atoms with van der Waals surface area (Å²) in [6, 6.07) is 5.99. The molecule has 0 saturated heterocycles. The van der Waals surface area contributed by atoms with Crippen LogP contribution in [-0.4, -0.2) is 20.8 Å². The van der Waals surface area contributed by atoms with Crippen LogP contribution in [0.15, 0.2) is 30.5 Å². The second-order valence-electron chi connectivity index (χ2n) is 3.50. The van der Waals surface area contributed by atoms with Crippen molar-refractivity contribution in [1.29, 1.82) is 0 Å². The summed E-state index contributed by atoms with van der Waals surface area (Å²) >= 11 is 0. The van der Waals surface area contributed by atoms with Crippen molar-refractivity contribution < 1.29 is 9.18 Å². The highest BCUT2D eigenvalue weighted by atomic mass is 19.1. The molecule has 0 radical (unpaired) electrons. The van der Waals surface area contributed by atoms with Gasteiger partial charge in [0.25, 0.3) is 0 Å². The third-order valence-corrected chi connectivity index (χ3v) is 2.10. The molecule has 5 heteroatoms.